The van der Waals surface area contributed by atoms with Crippen molar-refractivity contribution >= 4 is 9.84 Å². The van der Waals surface area contributed by atoms with E-state index in [-0.39, 0.29) is 16.2 Å². The van der Waals surface area contributed by atoms with Gasteiger partial charge in [0.1, 0.15) is 10.6 Å². The fraction of sp³-hybridized carbons (Fsp3) is 0.500. The number of hydrogen-bond acceptors (Lipinski definition) is 4. The Kier molecular flexibility index (Phi) is 2.91. The quantitative estimate of drug-likeness (QED) is 0.838. The molecule has 2 N–H and O–H groups in total. The lowest BCUT2D eigenvalue weighted by Gasteiger charge is -2.25. The zero-order valence-corrected chi connectivity index (χ0v) is 10.8. The maximum absolute atomic E-state index is 11.4. The van der Waals surface area contributed by atoms with Crippen molar-refractivity contribution in [3.05, 3.63) is 23.8 Å². The van der Waals surface area contributed by atoms with Crippen molar-refractivity contribution in [1.82, 2.24) is 5.32 Å². The minimum atomic E-state index is -3.36. The van der Waals surface area contributed by atoms with E-state index in [1.165, 1.54) is 6.07 Å². The average Bonchev–Trinajstić information content (AvgIpc) is 2.64. The van der Waals surface area contributed by atoms with Gasteiger partial charge in [-0.3, -0.25) is 0 Å². The smallest absolute Gasteiger partial charge is 0.179 e. The van der Waals surface area contributed by atoms with E-state index in [0.717, 1.165) is 31.2 Å². The Labute approximate surface area is 102 Å². The van der Waals surface area contributed by atoms with Gasteiger partial charge in [0.15, 0.2) is 9.84 Å². The van der Waals surface area contributed by atoms with Gasteiger partial charge in [-0.05, 0) is 44.0 Å². The van der Waals surface area contributed by atoms with Gasteiger partial charge in [-0.2, -0.15) is 0 Å². The molecule has 0 bridgehead atoms. The van der Waals surface area contributed by atoms with Crippen LogP contribution in [0.5, 0.6) is 5.75 Å². The van der Waals surface area contributed by atoms with Crippen LogP contribution in [0.4, 0.5) is 0 Å². The summed E-state index contributed by atoms with van der Waals surface area (Å²) in [5.41, 5.74) is 0.771. The van der Waals surface area contributed by atoms with Crippen LogP contribution in [0, 0.1) is 0 Å². The Balaban J connectivity index is 2.44. The number of phenols is 1. The van der Waals surface area contributed by atoms with Gasteiger partial charge in [-0.15, -0.1) is 0 Å². The Morgan fingerprint density at radius 1 is 1.41 bits per heavy atom. The van der Waals surface area contributed by atoms with Crippen LogP contribution in [0.25, 0.3) is 0 Å². The molecule has 17 heavy (non-hydrogen) atoms. The number of sulfone groups is 1. The highest BCUT2D eigenvalue weighted by atomic mass is 32.2. The lowest BCUT2D eigenvalue weighted by molar-refractivity contribution is 0.422. The maximum Gasteiger partial charge on any atom is 0.179 e. The van der Waals surface area contributed by atoms with Crippen LogP contribution in [0.15, 0.2) is 23.1 Å². The van der Waals surface area contributed by atoms with Crippen LogP contribution >= 0.6 is 0 Å². The molecule has 1 unspecified atom stereocenters. The predicted octanol–water partition coefficient (Wildman–Crippen LogP) is 1.39. The molecule has 1 saturated heterocycles. The van der Waals surface area contributed by atoms with Crippen molar-refractivity contribution in [2.24, 2.45) is 0 Å². The predicted molar refractivity (Wildman–Crippen MR) is 65.8 cm³/mol. The molecule has 1 aliphatic heterocycles. The lowest BCUT2D eigenvalue weighted by Crippen LogP contribution is -2.33. The molecule has 1 atom stereocenters. The minimum Gasteiger partial charge on any atom is -0.507 e. The first kappa shape index (κ1) is 12.4. The largest absolute Gasteiger partial charge is 0.507 e. The highest BCUT2D eigenvalue weighted by molar-refractivity contribution is 7.90. The molecule has 1 fully saturated rings. The molecule has 0 radical (unpaired) electrons. The van der Waals surface area contributed by atoms with Gasteiger partial charge < -0.3 is 10.4 Å². The van der Waals surface area contributed by atoms with E-state index < -0.39 is 9.84 Å². The van der Waals surface area contributed by atoms with E-state index in [0.29, 0.717) is 0 Å². The fourth-order valence-electron chi connectivity index (χ4n) is 2.32. The van der Waals surface area contributed by atoms with Crippen molar-refractivity contribution in [1.29, 1.82) is 0 Å². The third-order valence-corrected chi connectivity index (χ3v) is 4.51. The minimum absolute atomic E-state index is 0.0113. The molecule has 1 aromatic rings. The van der Waals surface area contributed by atoms with Gasteiger partial charge in [0.05, 0.1) is 0 Å². The molecule has 1 heterocycles. The van der Waals surface area contributed by atoms with E-state index in [9.17, 15) is 13.5 Å². The van der Waals surface area contributed by atoms with Crippen molar-refractivity contribution in [3.8, 4) is 5.75 Å². The summed E-state index contributed by atoms with van der Waals surface area (Å²) in [5.74, 6) is -0.167. The number of rotatable bonds is 2. The van der Waals surface area contributed by atoms with Crippen molar-refractivity contribution in [2.75, 3.05) is 12.8 Å². The summed E-state index contributed by atoms with van der Waals surface area (Å²) in [6.07, 6.45) is 3.17. The van der Waals surface area contributed by atoms with Crippen LogP contribution in [-0.4, -0.2) is 26.3 Å². The molecule has 1 aromatic carbocycles. The van der Waals surface area contributed by atoms with E-state index in [1.54, 1.807) is 12.1 Å². The molecule has 0 aliphatic carbocycles. The summed E-state index contributed by atoms with van der Waals surface area (Å²) in [6, 6.07) is 4.80. The second-order valence-electron chi connectivity index (χ2n) is 4.82. The van der Waals surface area contributed by atoms with E-state index in [4.69, 9.17) is 0 Å². The number of nitrogens with one attached hydrogen (secondary N) is 1. The van der Waals surface area contributed by atoms with Crippen LogP contribution in [-0.2, 0) is 15.4 Å². The first-order valence-electron chi connectivity index (χ1n) is 5.61. The third-order valence-electron chi connectivity index (χ3n) is 3.36. The molecule has 0 aromatic heterocycles. The van der Waals surface area contributed by atoms with Crippen molar-refractivity contribution in [3.63, 3.8) is 0 Å². The monoisotopic (exact) mass is 255 g/mol. The summed E-state index contributed by atoms with van der Waals surface area (Å²) in [6.45, 7) is 3.01. The van der Waals surface area contributed by atoms with Gasteiger partial charge >= 0.3 is 0 Å². The zero-order chi connectivity index (χ0) is 12.7. The molecule has 0 saturated carbocycles. The van der Waals surface area contributed by atoms with E-state index in [1.807, 2.05) is 0 Å². The lowest BCUT2D eigenvalue weighted by atomic mass is 9.90. The van der Waals surface area contributed by atoms with Crippen LogP contribution < -0.4 is 5.32 Å². The topological polar surface area (TPSA) is 66.4 Å². The molecular weight excluding hydrogens is 238 g/mol. The normalized spacial score (nSPS) is 25.1. The number of aromatic hydroxyl groups is 1. The SMILES string of the molecule is CC1(c2ccc(S(C)(=O)=O)c(O)c2)CCCN1. The van der Waals surface area contributed by atoms with Crippen LogP contribution in [0.2, 0.25) is 0 Å². The number of phenolic OH excluding ortho intramolecular Hbond substituents is 1. The summed E-state index contributed by atoms with van der Waals surface area (Å²) in [5, 5.41) is 13.2. The average molecular weight is 255 g/mol. The second-order valence-corrected chi connectivity index (χ2v) is 6.80. The first-order valence-corrected chi connectivity index (χ1v) is 7.51. The van der Waals surface area contributed by atoms with Gasteiger partial charge in [0, 0.05) is 11.8 Å². The van der Waals surface area contributed by atoms with Crippen LogP contribution in [0.1, 0.15) is 25.3 Å². The summed E-state index contributed by atoms with van der Waals surface area (Å²) in [7, 11) is -3.36. The highest BCUT2D eigenvalue weighted by Gasteiger charge is 2.30. The summed E-state index contributed by atoms with van der Waals surface area (Å²) >= 11 is 0. The number of benzene rings is 1. The Bertz CT molecular complexity index is 531. The molecule has 4 nitrogen and oxygen atoms in total. The second kappa shape index (κ2) is 3.99. The standard InChI is InChI=1S/C12H17NO3S/c1-12(6-3-7-13-12)9-4-5-11(10(14)8-9)17(2,15)16/h4-5,8,13-14H,3,6-7H2,1-2H3. The summed E-state index contributed by atoms with van der Waals surface area (Å²) < 4.78 is 22.8. The third kappa shape index (κ3) is 2.30. The molecule has 0 spiro atoms. The molecule has 1 aliphatic rings. The first-order chi connectivity index (χ1) is 7.83. The molecule has 5 heteroatoms. The molecule has 2 rings (SSSR count). The Morgan fingerprint density at radius 3 is 2.59 bits per heavy atom. The molecular formula is C12H17NO3S. The number of hydrogen-bond donors (Lipinski definition) is 2. The van der Waals surface area contributed by atoms with Crippen molar-refractivity contribution in [2.45, 2.75) is 30.2 Å². The zero-order valence-electron chi connectivity index (χ0n) is 10.0. The maximum atomic E-state index is 11.4. The Morgan fingerprint density at radius 2 is 2.12 bits per heavy atom. The Hall–Kier alpha value is -1.07. The van der Waals surface area contributed by atoms with Gasteiger partial charge in [0.25, 0.3) is 0 Å². The van der Waals surface area contributed by atoms with Gasteiger partial charge in [-0.1, -0.05) is 6.07 Å². The molecule has 94 valence electrons. The summed E-state index contributed by atoms with van der Waals surface area (Å²) in [4.78, 5) is -0.0113. The highest BCUT2D eigenvalue weighted by Crippen LogP contribution is 2.34. The van der Waals surface area contributed by atoms with Crippen molar-refractivity contribution < 1.29 is 13.5 Å². The van der Waals surface area contributed by atoms with Crippen LogP contribution in [0.3, 0.4) is 0 Å². The van der Waals surface area contributed by atoms with E-state index >= 15 is 0 Å². The van der Waals surface area contributed by atoms with Gasteiger partial charge in [0.2, 0.25) is 0 Å². The molecule has 0 amide bonds. The van der Waals surface area contributed by atoms with E-state index in [2.05, 4.69) is 12.2 Å². The fourth-order valence-corrected chi connectivity index (χ4v) is 3.07. The van der Waals surface area contributed by atoms with Gasteiger partial charge in [-0.25, -0.2) is 8.42 Å².